The van der Waals surface area contributed by atoms with Crippen molar-refractivity contribution in [3.05, 3.63) is 56.9 Å². The molecule has 0 radical (unpaired) electrons. The average Bonchev–Trinajstić information content (AvgIpc) is 2.59. The number of rotatable bonds is 5. The van der Waals surface area contributed by atoms with E-state index in [4.69, 9.17) is 10.00 Å². The maximum absolute atomic E-state index is 12.8. The number of aromatic nitrogens is 1. The highest BCUT2D eigenvalue weighted by Crippen LogP contribution is 2.25. The number of ketones is 1. The summed E-state index contributed by atoms with van der Waals surface area (Å²) in [6.07, 6.45) is 0.838. The van der Waals surface area contributed by atoms with Gasteiger partial charge in [0.2, 0.25) is 5.88 Å². The van der Waals surface area contributed by atoms with E-state index in [1.54, 1.807) is 30.3 Å². The summed E-state index contributed by atoms with van der Waals surface area (Å²) >= 11 is 0. The summed E-state index contributed by atoms with van der Waals surface area (Å²) in [4.78, 5) is 24.8. The number of hydrogen-bond donors (Lipinski definition) is 1. The highest BCUT2D eigenvalue weighted by Gasteiger charge is 2.23. The number of carbonyl (C=O) groups excluding carboxylic acids is 1. The molecule has 1 aromatic carbocycles. The summed E-state index contributed by atoms with van der Waals surface area (Å²) in [6.45, 7) is 3.98. The summed E-state index contributed by atoms with van der Waals surface area (Å²) in [6, 6.07) is 8.38. The largest absolute Gasteiger partial charge is 0.494 e. The van der Waals surface area contributed by atoms with E-state index in [1.807, 2.05) is 6.92 Å². The first-order valence-electron chi connectivity index (χ1n) is 7.52. The van der Waals surface area contributed by atoms with Crippen molar-refractivity contribution in [1.82, 2.24) is 4.57 Å². The number of nitriles is 1. The Bertz CT molecular complexity index is 891. The molecule has 0 unspecified atom stereocenters. The Morgan fingerprint density at radius 3 is 2.75 bits per heavy atom. The minimum Gasteiger partial charge on any atom is -0.494 e. The first-order chi connectivity index (χ1) is 11.4. The summed E-state index contributed by atoms with van der Waals surface area (Å²) < 4.78 is 6.41. The molecule has 0 atom stereocenters. The van der Waals surface area contributed by atoms with Crippen molar-refractivity contribution in [2.24, 2.45) is 7.05 Å². The second kappa shape index (κ2) is 7.01. The van der Waals surface area contributed by atoms with Crippen LogP contribution < -0.4 is 10.3 Å². The molecule has 1 aromatic heterocycles. The fourth-order valence-electron chi connectivity index (χ4n) is 2.38. The third-order valence-electron chi connectivity index (χ3n) is 3.72. The summed E-state index contributed by atoms with van der Waals surface area (Å²) in [5.41, 5.74) is -0.366. The molecule has 0 saturated heterocycles. The van der Waals surface area contributed by atoms with E-state index in [-0.39, 0.29) is 16.7 Å². The third-order valence-corrected chi connectivity index (χ3v) is 3.72. The minimum atomic E-state index is -0.635. The lowest BCUT2D eigenvalue weighted by molar-refractivity contribution is 0.103. The van der Waals surface area contributed by atoms with Crippen molar-refractivity contribution in [2.45, 2.75) is 20.3 Å². The van der Waals surface area contributed by atoms with Crippen molar-refractivity contribution in [2.75, 3.05) is 6.61 Å². The van der Waals surface area contributed by atoms with E-state index in [2.05, 4.69) is 0 Å². The van der Waals surface area contributed by atoms with Gasteiger partial charge in [-0.05, 0) is 31.0 Å². The zero-order valence-electron chi connectivity index (χ0n) is 13.8. The summed E-state index contributed by atoms with van der Waals surface area (Å²) in [5.74, 6) is -0.384. The predicted octanol–water partition coefficient (Wildman–Crippen LogP) is 2.29. The number of hydrogen-bond acceptors (Lipinski definition) is 5. The van der Waals surface area contributed by atoms with Gasteiger partial charge in [-0.25, -0.2) is 0 Å². The second-order valence-corrected chi connectivity index (χ2v) is 5.38. The van der Waals surface area contributed by atoms with Crippen LogP contribution in [0.25, 0.3) is 0 Å². The number of aromatic hydroxyl groups is 1. The van der Waals surface area contributed by atoms with E-state index in [0.29, 0.717) is 17.9 Å². The van der Waals surface area contributed by atoms with Gasteiger partial charge in [0.05, 0.1) is 12.2 Å². The molecule has 0 aliphatic rings. The fraction of sp³-hybridized carbons (Fsp3) is 0.278. The average molecular weight is 326 g/mol. The normalized spacial score (nSPS) is 10.2. The van der Waals surface area contributed by atoms with E-state index in [9.17, 15) is 14.7 Å². The molecule has 0 fully saturated rings. The molecule has 1 N–H and O–H groups in total. The Labute approximate surface area is 139 Å². The van der Waals surface area contributed by atoms with Crippen LogP contribution in [0.15, 0.2) is 29.1 Å². The Kier molecular flexibility index (Phi) is 5.05. The SMILES string of the molecule is CCCOc1cccc(C(=O)c2c(C)c(C#N)c(=O)n(C)c2O)c1. The molecule has 0 spiro atoms. The van der Waals surface area contributed by atoms with Gasteiger partial charge in [0, 0.05) is 12.6 Å². The lowest BCUT2D eigenvalue weighted by Crippen LogP contribution is -2.24. The van der Waals surface area contributed by atoms with Crippen molar-refractivity contribution >= 4 is 5.78 Å². The maximum atomic E-state index is 12.8. The first-order valence-corrected chi connectivity index (χ1v) is 7.52. The van der Waals surface area contributed by atoms with E-state index in [0.717, 1.165) is 11.0 Å². The molecule has 124 valence electrons. The molecule has 0 aliphatic carbocycles. The van der Waals surface area contributed by atoms with E-state index < -0.39 is 17.2 Å². The van der Waals surface area contributed by atoms with Crippen LogP contribution in [0.3, 0.4) is 0 Å². The van der Waals surface area contributed by atoms with E-state index in [1.165, 1.54) is 14.0 Å². The molecule has 2 rings (SSSR count). The number of benzene rings is 1. The van der Waals surface area contributed by atoms with Gasteiger partial charge in [0.25, 0.3) is 5.56 Å². The molecule has 6 nitrogen and oxygen atoms in total. The molecule has 0 aliphatic heterocycles. The predicted molar refractivity (Wildman–Crippen MR) is 88.5 cm³/mol. The smallest absolute Gasteiger partial charge is 0.271 e. The van der Waals surface area contributed by atoms with Crippen molar-refractivity contribution < 1.29 is 14.6 Å². The lowest BCUT2D eigenvalue weighted by atomic mass is 9.97. The zero-order valence-corrected chi connectivity index (χ0v) is 13.8. The summed E-state index contributed by atoms with van der Waals surface area (Å²) in [5, 5.41) is 19.4. The van der Waals surface area contributed by atoms with Gasteiger partial charge in [-0.15, -0.1) is 0 Å². The summed E-state index contributed by atoms with van der Waals surface area (Å²) in [7, 11) is 1.31. The lowest BCUT2D eigenvalue weighted by Gasteiger charge is -2.13. The van der Waals surface area contributed by atoms with Crippen LogP contribution in [0.4, 0.5) is 0 Å². The van der Waals surface area contributed by atoms with Crippen LogP contribution in [-0.4, -0.2) is 22.1 Å². The van der Waals surface area contributed by atoms with Crippen molar-refractivity contribution in [1.29, 1.82) is 5.26 Å². The topological polar surface area (TPSA) is 92.3 Å². The molecule has 0 bridgehead atoms. The molecular weight excluding hydrogens is 308 g/mol. The molecule has 1 heterocycles. The first kappa shape index (κ1) is 17.3. The van der Waals surface area contributed by atoms with Crippen LogP contribution in [0.2, 0.25) is 0 Å². The van der Waals surface area contributed by atoms with Gasteiger partial charge in [0.15, 0.2) is 5.78 Å². The second-order valence-electron chi connectivity index (χ2n) is 5.38. The Balaban J connectivity index is 2.57. The Morgan fingerprint density at radius 1 is 1.42 bits per heavy atom. The van der Waals surface area contributed by atoms with Gasteiger partial charge < -0.3 is 9.84 Å². The fourth-order valence-corrected chi connectivity index (χ4v) is 2.38. The maximum Gasteiger partial charge on any atom is 0.271 e. The standard InChI is InChI=1S/C18H18N2O4/c1-4-8-24-13-7-5-6-12(9-13)16(21)15-11(2)14(10-19)17(22)20(3)18(15)23/h5-7,9,23H,4,8H2,1-3H3. The van der Waals surface area contributed by atoms with Gasteiger partial charge in [-0.2, -0.15) is 5.26 Å². The highest BCUT2D eigenvalue weighted by molar-refractivity contribution is 6.11. The van der Waals surface area contributed by atoms with Crippen LogP contribution in [0, 0.1) is 18.3 Å². The molecule has 0 saturated carbocycles. The van der Waals surface area contributed by atoms with E-state index >= 15 is 0 Å². The van der Waals surface area contributed by atoms with Crippen molar-refractivity contribution in [3.8, 4) is 17.7 Å². The molecular formula is C18H18N2O4. The van der Waals surface area contributed by atoms with Gasteiger partial charge in [0.1, 0.15) is 17.4 Å². The third kappa shape index (κ3) is 3.01. The highest BCUT2D eigenvalue weighted by atomic mass is 16.5. The molecule has 2 aromatic rings. The van der Waals surface area contributed by atoms with Gasteiger partial charge in [-0.3, -0.25) is 14.2 Å². The van der Waals surface area contributed by atoms with Crippen molar-refractivity contribution in [3.63, 3.8) is 0 Å². The molecule has 6 heteroatoms. The molecule has 0 amide bonds. The van der Waals surface area contributed by atoms with Gasteiger partial charge in [-0.1, -0.05) is 19.1 Å². The van der Waals surface area contributed by atoms with Crippen LogP contribution in [0.1, 0.15) is 40.4 Å². The van der Waals surface area contributed by atoms with Crippen LogP contribution >= 0.6 is 0 Å². The Morgan fingerprint density at radius 2 is 2.12 bits per heavy atom. The van der Waals surface area contributed by atoms with Gasteiger partial charge >= 0.3 is 0 Å². The Hall–Kier alpha value is -3.07. The quantitative estimate of drug-likeness (QED) is 0.851. The monoisotopic (exact) mass is 326 g/mol. The number of nitrogens with zero attached hydrogens (tertiary/aromatic N) is 2. The minimum absolute atomic E-state index is 0.0544. The molecule has 24 heavy (non-hydrogen) atoms. The zero-order chi connectivity index (χ0) is 17.9. The number of pyridine rings is 1. The van der Waals surface area contributed by atoms with Crippen LogP contribution in [-0.2, 0) is 7.05 Å². The number of ether oxygens (including phenoxy) is 1. The van der Waals surface area contributed by atoms with Crippen LogP contribution in [0.5, 0.6) is 11.6 Å². The number of carbonyl (C=O) groups is 1.